The summed E-state index contributed by atoms with van der Waals surface area (Å²) in [4.78, 5) is 22.4. The van der Waals surface area contributed by atoms with E-state index in [-0.39, 0.29) is 12.2 Å². The third-order valence-electron chi connectivity index (χ3n) is 4.38. The lowest BCUT2D eigenvalue weighted by Crippen LogP contribution is -2.08. The number of rotatable bonds is 17. The van der Waals surface area contributed by atoms with Gasteiger partial charge >= 0.3 is 5.97 Å². The van der Waals surface area contributed by atoms with Gasteiger partial charge in [-0.15, -0.1) is 0 Å². The molecule has 0 aromatic heterocycles. The number of hydrogen-bond donors (Lipinski definition) is 0. The summed E-state index contributed by atoms with van der Waals surface area (Å²) in [6, 6.07) is 0. The van der Waals surface area contributed by atoms with Crippen LogP contribution in [0.15, 0.2) is 0 Å². The van der Waals surface area contributed by atoms with E-state index >= 15 is 0 Å². The molecule has 0 aliphatic rings. The molecule has 0 saturated carbocycles. The fourth-order valence-electron chi connectivity index (χ4n) is 2.84. The SMILES string of the molecule is CCCCCCCCCCCCCCCCC(=O)CC(=O)OC. The van der Waals surface area contributed by atoms with Crippen LogP contribution in [0.5, 0.6) is 0 Å². The lowest BCUT2D eigenvalue weighted by molar-refractivity contribution is -0.143. The Morgan fingerprint density at radius 3 is 1.43 bits per heavy atom. The van der Waals surface area contributed by atoms with Crippen LogP contribution in [0.1, 0.15) is 110 Å². The summed E-state index contributed by atoms with van der Waals surface area (Å²) in [5.74, 6) is -0.406. The van der Waals surface area contributed by atoms with E-state index in [1.807, 2.05) is 0 Å². The standard InChI is InChI=1S/C20H38O3/c1-3-4-5-6-7-8-9-10-11-12-13-14-15-16-17-19(21)18-20(22)23-2/h3-18H2,1-2H3. The summed E-state index contributed by atoms with van der Waals surface area (Å²) in [5.41, 5.74) is 0. The summed E-state index contributed by atoms with van der Waals surface area (Å²) in [7, 11) is 1.32. The lowest BCUT2D eigenvalue weighted by Gasteiger charge is -2.03. The fourth-order valence-corrected chi connectivity index (χ4v) is 2.84. The van der Waals surface area contributed by atoms with Crippen molar-refractivity contribution in [1.29, 1.82) is 0 Å². The number of hydrogen-bond acceptors (Lipinski definition) is 3. The van der Waals surface area contributed by atoms with Crippen LogP contribution >= 0.6 is 0 Å². The van der Waals surface area contributed by atoms with E-state index in [0.29, 0.717) is 6.42 Å². The molecule has 0 saturated heterocycles. The number of ether oxygens (including phenoxy) is 1. The monoisotopic (exact) mass is 326 g/mol. The number of unbranched alkanes of at least 4 members (excludes halogenated alkanes) is 13. The van der Waals surface area contributed by atoms with Gasteiger partial charge in [-0.2, -0.15) is 0 Å². The van der Waals surface area contributed by atoms with E-state index in [1.54, 1.807) is 0 Å². The molecule has 3 nitrogen and oxygen atoms in total. The van der Waals surface area contributed by atoms with Gasteiger partial charge in [0.1, 0.15) is 12.2 Å². The first kappa shape index (κ1) is 22.1. The number of carbonyl (C=O) groups is 2. The first-order chi connectivity index (χ1) is 11.2. The highest BCUT2D eigenvalue weighted by atomic mass is 16.5. The first-order valence-corrected chi connectivity index (χ1v) is 9.79. The zero-order chi connectivity index (χ0) is 17.2. The van der Waals surface area contributed by atoms with E-state index in [1.165, 1.54) is 84.2 Å². The van der Waals surface area contributed by atoms with E-state index in [9.17, 15) is 9.59 Å². The van der Waals surface area contributed by atoms with Crippen molar-refractivity contribution in [3.8, 4) is 0 Å². The molecule has 0 amide bonds. The molecular weight excluding hydrogens is 288 g/mol. The van der Waals surface area contributed by atoms with Crippen molar-refractivity contribution in [1.82, 2.24) is 0 Å². The lowest BCUT2D eigenvalue weighted by atomic mass is 10.0. The van der Waals surface area contributed by atoms with E-state index in [4.69, 9.17) is 0 Å². The Kier molecular flexibility index (Phi) is 16.8. The van der Waals surface area contributed by atoms with Crippen molar-refractivity contribution in [3.63, 3.8) is 0 Å². The van der Waals surface area contributed by atoms with Gasteiger partial charge in [-0.05, 0) is 6.42 Å². The molecule has 3 heteroatoms. The quantitative estimate of drug-likeness (QED) is 0.187. The van der Waals surface area contributed by atoms with E-state index in [0.717, 1.165) is 12.8 Å². The van der Waals surface area contributed by atoms with Crippen molar-refractivity contribution < 1.29 is 14.3 Å². The Labute approximate surface area is 143 Å². The van der Waals surface area contributed by atoms with Gasteiger partial charge in [0.25, 0.3) is 0 Å². The highest BCUT2D eigenvalue weighted by Crippen LogP contribution is 2.13. The van der Waals surface area contributed by atoms with Crippen LogP contribution in [0.4, 0.5) is 0 Å². The molecule has 0 bridgehead atoms. The summed E-state index contributed by atoms with van der Waals surface area (Å²) in [5, 5.41) is 0. The van der Waals surface area contributed by atoms with Crippen LogP contribution in [0, 0.1) is 0 Å². The van der Waals surface area contributed by atoms with E-state index < -0.39 is 5.97 Å². The molecule has 0 N–H and O–H groups in total. The highest BCUT2D eigenvalue weighted by Gasteiger charge is 2.08. The number of Topliss-reactive ketones (excluding diaryl/α,β-unsaturated/α-hetero) is 1. The van der Waals surface area contributed by atoms with Crippen LogP contribution < -0.4 is 0 Å². The van der Waals surface area contributed by atoms with Gasteiger partial charge in [0.15, 0.2) is 0 Å². The molecule has 0 atom stereocenters. The Morgan fingerprint density at radius 1 is 0.652 bits per heavy atom. The van der Waals surface area contributed by atoms with Crippen LogP contribution in [0.25, 0.3) is 0 Å². The predicted octanol–water partition coefficient (Wildman–Crippen LogP) is 5.99. The van der Waals surface area contributed by atoms with Gasteiger partial charge in [-0.3, -0.25) is 9.59 Å². The second-order valence-electron chi connectivity index (χ2n) is 6.64. The Balaban J connectivity index is 3.13. The van der Waals surface area contributed by atoms with Crippen LogP contribution in [-0.2, 0) is 14.3 Å². The van der Waals surface area contributed by atoms with Gasteiger partial charge in [0.2, 0.25) is 0 Å². The van der Waals surface area contributed by atoms with Crippen LogP contribution in [0.3, 0.4) is 0 Å². The molecule has 23 heavy (non-hydrogen) atoms. The Bertz CT molecular complexity index is 287. The molecule has 0 aliphatic carbocycles. The van der Waals surface area contributed by atoms with Gasteiger partial charge < -0.3 is 4.74 Å². The molecular formula is C20H38O3. The maximum absolute atomic E-state index is 11.4. The molecule has 136 valence electrons. The van der Waals surface area contributed by atoms with Crippen molar-refractivity contribution >= 4 is 11.8 Å². The van der Waals surface area contributed by atoms with Crippen molar-refractivity contribution in [2.24, 2.45) is 0 Å². The third-order valence-corrected chi connectivity index (χ3v) is 4.38. The van der Waals surface area contributed by atoms with Crippen molar-refractivity contribution in [2.45, 2.75) is 110 Å². The normalized spacial score (nSPS) is 10.7. The highest BCUT2D eigenvalue weighted by molar-refractivity contribution is 5.95. The minimum atomic E-state index is -0.416. The predicted molar refractivity (Wildman–Crippen MR) is 96.6 cm³/mol. The molecule has 0 aromatic rings. The van der Waals surface area contributed by atoms with Gasteiger partial charge in [-0.1, -0.05) is 90.4 Å². The van der Waals surface area contributed by atoms with Gasteiger partial charge in [0, 0.05) is 6.42 Å². The van der Waals surface area contributed by atoms with Crippen LogP contribution in [-0.4, -0.2) is 18.9 Å². The summed E-state index contributed by atoms with van der Waals surface area (Å²) >= 11 is 0. The van der Waals surface area contributed by atoms with Crippen LogP contribution in [0.2, 0.25) is 0 Å². The van der Waals surface area contributed by atoms with Gasteiger partial charge in [-0.25, -0.2) is 0 Å². The molecule has 0 unspecified atom stereocenters. The zero-order valence-corrected chi connectivity index (χ0v) is 15.5. The third kappa shape index (κ3) is 17.3. The second kappa shape index (κ2) is 17.5. The minimum absolute atomic E-state index is 0.00999. The number of methoxy groups -OCH3 is 1. The molecule has 0 radical (unpaired) electrons. The molecule has 0 aromatic carbocycles. The molecule has 0 fully saturated rings. The molecule has 0 rings (SSSR count). The van der Waals surface area contributed by atoms with Crippen molar-refractivity contribution in [3.05, 3.63) is 0 Å². The fraction of sp³-hybridized carbons (Fsp3) is 0.900. The first-order valence-electron chi connectivity index (χ1n) is 9.79. The number of carbonyl (C=O) groups excluding carboxylic acids is 2. The van der Waals surface area contributed by atoms with E-state index in [2.05, 4.69) is 11.7 Å². The largest absolute Gasteiger partial charge is 0.469 e. The molecule has 0 aliphatic heterocycles. The summed E-state index contributed by atoms with van der Waals surface area (Å²) < 4.78 is 4.49. The summed E-state index contributed by atoms with van der Waals surface area (Å²) in [6.45, 7) is 2.26. The molecule has 0 heterocycles. The summed E-state index contributed by atoms with van der Waals surface area (Å²) in [6.07, 6.45) is 18.8. The smallest absolute Gasteiger partial charge is 0.313 e. The number of esters is 1. The van der Waals surface area contributed by atoms with Crippen molar-refractivity contribution in [2.75, 3.05) is 7.11 Å². The minimum Gasteiger partial charge on any atom is -0.469 e. The zero-order valence-electron chi connectivity index (χ0n) is 15.5. The topological polar surface area (TPSA) is 43.4 Å². The Morgan fingerprint density at radius 2 is 1.04 bits per heavy atom. The Hall–Kier alpha value is -0.860. The number of ketones is 1. The second-order valence-corrected chi connectivity index (χ2v) is 6.64. The molecule has 0 spiro atoms. The maximum Gasteiger partial charge on any atom is 0.313 e. The van der Waals surface area contributed by atoms with Gasteiger partial charge in [0.05, 0.1) is 7.11 Å². The maximum atomic E-state index is 11.4. The average Bonchev–Trinajstić information content (AvgIpc) is 2.55. The average molecular weight is 327 g/mol.